The molecular formula is C28H28N6O3. The molecule has 37 heavy (non-hydrogen) atoms. The van der Waals surface area contributed by atoms with Gasteiger partial charge in [-0.05, 0) is 49.1 Å². The zero-order valence-corrected chi connectivity index (χ0v) is 21.2. The van der Waals surface area contributed by atoms with Crippen molar-refractivity contribution in [3.8, 4) is 22.4 Å². The van der Waals surface area contributed by atoms with E-state index in [4.69, 9.17) is 4.52 Å². The summed E-state index contributed by atoms with van der Waals surface area (Å²) < 4.78 is 5.35. The van der Waals surface area contributed by atoms with E-state index in [1.165, 1.54) is 6.33 Å². The quantitative estimate of drug-likeness (QED) is 0.366. The molecule has 4 aromatic rings. The highest BCUT2D eigenvalue weighted by Crippen LogP contribution is 2.32. The Morgan fingerprint density at radius 3 is 2.49 bits per heavy atom. The summed E-state index contributed by atoms with van der Waals surface area (Å²) in [7, 11) is 0. The number of amides is 2. The Hall–Kier alpha value is -4.40. The standard InChI is InChI=1S/C28H28N6O3/c1-16-5-8-20(32-27(36)23-11-24(37-34-23)28(2,3)4)10-21(16)18-9-19(14-29-13-18)22-12-25(31-15-30-22)33-26(35)17-6-7-17/h5,8-15,17H,6-7H2,1-4H3,(H,32,36)(H,30,31,33,35). The minimum Gasteiger partial charge on any atom is -0.360 e. The summed E-state index contributed by atoms with van der Waals surface area (Å²) in [5.41, 5.74) is 4.85. The Balaban J connectivity index is 1.38. The normalized spacial score (nSPS) is 13.3. The molecule has 0 radical (unpaired) electrons. The van der Waals surface area contributed by atoms with Crippen LogP contribution in [0, 0.1) is 12.8 Å². The van der Waals surface area contributed by atoms with Crippen molar-refractivity contribution < 1.29 is 14.1 Å². The first-order valence-electron chi connectivity index (χ1n) is 12.2. The number of carbonyl (C=O) groups is 2. The highest BCUT2D eigenvalue weighted by Gasteiger charge is 2.30. The van der Waals surface area contributed by atoms with E-state index >= 15 is 0 Å². The summed E-state index contributed by atoms with van der Waals surface area (Å²) >= 11 is 0. The molecule has 9 heteroatoms. The first-order valence-corrected chi connectivity index (χ1v) is 12.2. The number of carbonyl (C=O) groups excluding carboxylic acids is 2. The van der Waals surface area contributed by atoms with E-state index in [9.17, 15) is 9.59 Å². The van der Waals surface area contributed by atoms with Crippen LogP contribution in [0.3, 0.4) is 0 Å². The maximum absolute atomic E-state index is 12.8. The summed E-state index contributed by atoms with van der Waals surface area (Å²) in [6, 6.07) is 11.1. The van der Waals surface area contributed by atoms with Gasteiger partial charge < -0.3 is 15.2 Å². The predicted molar refractivity (Wildman–Crippen MR) is 140 cm³/mol. The van der Waals surface area contributed by atoms with Crippen LogP contribution in [0.2, 0.25) is 0 Å². The fraction of sp³-hybridized carbons (Fsp3) is 0.286. The smallest absolute Gasteiger partial charge is 0.277 e. The van der Waals surface area contributed by atoms with Crippen LogP contribution >= 0.6 is 0 Å². The Kier molecular flexibility index (Phi) is 6.29. The van der Waals surface area contributed by atoms with E-state index < -0.39 is 0 Å². The molecule has 0 spiro atoms. The van der Waals surface area contributed by atoms with E-state index in [-0.39, 0.29) is 28.8 Å². The van der Waals surface area contributed by atoms with Crippen molar-refractivity contribution in [1.29, 1.82) is 0 Å². The molecule has 3 heterocycles. The van der Waals surface area contributed by atoms with Crippen LogP contribution in [0.4, 0.5) is 11.5 Å². The summed E-state index contributed by atoms with van der Waals surface area (Å²) in [5, 5.41) is 9.68. The Bertz CT molecular complexity index is 1480. The molecule has 2 amide bonds. The van der Waals surface area contributed by atoms with Crippen molar-refractivity contribution >= 4 is 23.3 Å². The number of nitrogens with one attached hydrogen (secondary N) is 2. The summed E-state index contributed by atoms with van der Waals surface area (Å²) in [6.07, 6.45) is 6.76. The van der Waals surface area contributed by atoms with Gasteiger partial charge in [-0.3, -0.25) is 14.6 Å². The second-order valence-electron chi connectivity index (χ2n) is 10.3. The van der Waals surface area contributed by atoms with E-state index in [0.717, 1.165) is 35.1 Å². The van der Waals surface area contributed by atoms with Crippen LogP contribution < -0.4 is 10.6 Å². The zero-order valence-electron chi connectivity index (χ0n) is 21.2. The van der Waals surface area contributed by atoms with Crippen molar-refractivity contribution in [3.63, 3.8) is 0 Å². The first kappa shape index (κ1) is 24.3. The molecule has 0 unspecified atom stereocenters. The van der Waals surface area contributed by atoms with Crippen LogP contribution in [-0.2, 0) is 10.2 Å². The number of aryl methyl sites for hydroxylation is 1. The SMILES string of the molecule is Cc1ccc(NC(=O)c2cc(C(C)(C)C)on2)cc1-c1cncc(-c2cc(NC(=O)C3CC3)ncn2)c1. The fourth-order valence-corrected chi connectivity index (χ4v) is 3.83. The van der Waals surface area contributed by atoms with Crippen molar-refractivity contribution in [1.82, 2.24) is 20.1 Å². The number of pyridine rings is 1. The Morgan fingerprint density at radius 1 is 0.973 bits per heavy atom. The summed E-state index contributed by atoms with van der Waals surface area (Å²) in [6.45, 7) is 7.99. The summed E-state index contributed by atoms with van der Waals surface area (Å²) in [5.74, 6) is 0.846. The van der Waals surface area contributed by atoms with Gasteiger partial charge in [0.1, 0.15) is 17.9 Å². The van der Waals surface area contributed by atoms with Gasteiger partial charge in [0.15, 0.2) is 5.69 Å². The number of hydrogen-bond donors (Lipinski definition) is 2. The lowest BCUT2D eigenvalue weighted by molar-refractivity contribution is -0.117. The van der Waals surface area contributed by atoms with Gasteiger partial charge in [-0.15, -0.1) is 0 Å². The number of anilines is 2. The van der Waals surface area contributed by atoms with Gasteiger partial charge in [0.2, 0.25) is 5.91 Å². The van der Waals surface area contributed by atoms with Gasteiger partial charge >= 0.3 is 0 Å². The average Bonchev–Trinajstić information content (AvgIpc) is 3.60. The molecule has 1 aliphatic carbocycles. The van der Waals surface area contributed by atoms with Crippen LogP contribution in [-0.4, -0.2) is 31.9 Å². The molecule has 0 bridgehead atoms. The lowest BCUT2D eigenvalue weighted by Crippen LogP contribution is -2.14. The molecule has 1 fully saturated rings. The minimum atomic E-state index is -0.345. The molecule has 0 saturated heterocycles. The largest absolute Gasteiger partial charge is 0.360 e. The first-order chi connectivity index (χ1) is 17.7. The molecule has 188 valence electrons. The number of hydrogen-bond acceptors (Lipinski definition) is 7. The topological polar surface area (TPSA) is 123 Å². The molecule has 2 N–H and O–H groups in total. The molecule has 3 aromatic heterocycles. The monoisotopic (exact) mass is 496 g/mol. The average molecular weight is 497 g/mol. The van der Waals surface area contributed by atoms with E-state index in [2.05, 4.69) is 30.7 Å². The van der Waals surface area contributed by atoms with Gasteiger partial charge in [-0.25, -0.2) is 9.97 Å². The van der Waals surface area contributed by atoms with Gasteiger partial charge in [-0.1, -0.05) is 32.0 Å². The number of nitrogens with zero attached hydrogens (tertiary/aromatic N) is 4. The Labute approximate surface area is 214 Å². The lowest BCUT2D eigenvalue weighted by atomic mass is 9.93. The third kappa shape index (κ3) is 5.55. The molecule has 1 saturated carbocycles. The molecule has 1 aliphatic rings. The molecule has 5 rings (SSSR count). The second-order valence-corrected chi connectivity index (χ2v) is 10.3. The third-order valence-corrected chi connectivity index (χ3v) is 6.19. The van der Waals surface area contributed by atoms with Crippen molar-refractivity contribution in [2.45, 2.75) is 46.0 Å². The highest BCUT2D eigenvalue weighted by atomic mass is 16.5. The van der Waals surface area contributed by atoms with E-state index in [1.54, 1.807) is 24.5 Å². The van der Waals surface area contributed by atoms with Crippen LogP contribution in [0.25, 0.3) is 22.4 Å². The van der Waals surface area contributed by atoms with Gasteiger partial charge in [0.25, 0.3) is 5.91 Å². The Morgan fingerprint density at radius 2 is 1.76 bits per heavy atom. The maximum Gasteiger partial charge on any atom is 0.277 e. The highest BCUT2D eigenvalue weighted by molar-refractivity contribution is 6.03. The molecular weight excluding hydrogens is 468 g/mol. The van der Waals surface area contributed by atoms with Crippen LogP contribution in [0.5, 0.6) is 0 Å². The number of rotatable bonds is 6. The van der Waals surface area contributed by atoms with Crippen molar-refractivity contribution in [2.24, 2.45) is 5.92 Å². The lowest BCUT2D eigenvalue weighted by Gasteiger charge is -2.12. The molecule has 9 nitrogen and oxygen atoms in total. The van der Waals surface area contributed by atoms with Crippen LogP contribution in [0.1, 0.15) is 55.4 Å². The zero-order chi connectivity index (χ0) is 26.2. The summed E-state index contributed by atoms with van der Waals surface area (Å²) in [4.78, 5) is 37.9. The molecule has 1 aromatic carbocycles. The maximum atomic E-state index is 12.8. The number of aromatic nitrogens is 4. The van der Waals surface area contributed by atoms with Gasteiger partial charge in [-0.2, -0.15) is 0 Å². The van der Waals surface area contributed by atoms with Crippen molar-refractivity contribution in [3.05, 3.63) is 72.1 Å². The molecule has 0 atom stereocenters. The second kappa shape index (κ2) is 9.57. The third-order valence-electron chi connectivity index (χ3n) is 6.19. The minimum absolute atomic E-state index is 0.00809. The van der Waals surface area contributed by atoms with Crippen molar-refractivity contribution in [2.75, 3.05) is 10.6 Å². The fourth-order valence-electron chi connectivity index (χ4n) is 3.83. The van der Waals surface area contributed by atoms with E-state index in [1.807, 2.05) is 52.0 Å². The van der Waals surface area contributed by atoms with Gasteiger partial charge in [0.05, 0.1) is 5.69 Å². The molecule has 0 aliphatic heterocycles. The van der Waals surface area contributed by atoms with E-state index in [0.29, 0.717) is 23.0 Å². The predicted octanol–water partition coefficient (Wildman–Crippen LogP) is 5.40. The van der Waals surface area contributed by atoms with Gasteiger partial charge in [0, 0.05) is 52.7 Å². The number of benzene rings is 1. The van der Waals surface area contributed by atoms with Crippen LogP contribution in [0.15, 0.2) is 59.6 Å².